The Kier molecular flexibility index (Phi) is 6.59. The fraction of sp³-hybridized carbons (Fsp3) is 0.588. The van der Waals surface area contributed by atoms with Gasteiger partial charge < -0.3 is 9.80 Å². The van der Waals surface area contributed by atoms with Crippen LogP contribution in [0.1, 0.15) is 33.3 Å². The minimum Gasteiger partial charge on any atom is -0.378 e. The van der Waals surface area contributed by atoms with Crippen LogP contribution in [0.2, 0.25) is 0 Å². The van der Waals surface area contributed by atoms with Crippen molar-refractivity contribution in [2.24, 2.45) is 0 Å². The second kappa shape index (κ2) is 7.74. The van der Waals surface area contributed by atoms with Crippen LogP contribution < -0.4 is 4.90 Å². The fourth-order valence-corrected chi connectivity index (χ4v) is 2.60. The molecule has 0 heterocycles. The molecule has 0 saturated carbocycles. The normalized spacial score (nSPS) is 11.3. The SMILES string of the molecule is CCN(Cc1ccc(N(C)C)cc1)C(=O)CSC(C)(C)C. The summed E-state index contributed by atoms with van der Waals surface area (Å²) in [6, 6.07) is 8.39. The van der Waals surface area contributed by atoms with Gasteiger partial charge in [0.25, 0.3) is 0 Å². The lowest BCUT2D eigenvalue weighted by molar-refractivity contribution is -0.128. The highest BCUT2D eigenvalue weighted by atomic mass is 32.2. The van der Waals surface area contributed by atoms with E-state index < -0.39 is 0 Å². The van der Waals surface area contributed by atoms with Gasteiger partial charge in [0, 0.05) is 37.6 Å². The van der Waals surface area contributed by atoms with E-state index in [0.717, 1.165) is 6.54 Å². The van der Waals surface area contributed by atoms with Gasteiger partial charge in [-0.25, -0.2) is 0 Å². The first-order valence-electron chi connectivity index (χ1n) is 7.41. The van der Waals surface area contributed by atoms with Gasteiger partial charge in [-0.15, -0.1) is 11.8 Å². The number of carbonyl (C=O) groups excluding carboxylic acids is 1. The van der Waals surface area contributed by atoms with Gasteiger partial charge in [-0.2, -0.15) is 0 Å². The van der Waals surface area contributed by atoms with E-state index in [0.29, 0.717) is 12.3 Å². The molecule has 0 radical (unpaired) electrons. The van der Waals surface area contributed by atoms with E-state index >= 15 is 0 Å². The van der Waals surface area contributed by atoms with Crippen LogP contribution in [0.4, 0.5) is 5.69 Å². The Labute approximate surface area is 133 Å². The van der Waals surface area contributed by atoms with Crippen molar-refractivity contribution in [2.75, 3.05) is 31.3 Å². The number of anilines is 1. The molecule has 118 valence electrons. The largest absolute Gasteiger partial charge is 0.378 e. The van der Waals surface area contributed by atoms with Crippen LogP contribution in [0.5, 0.6) is 0 Å². The molecule has 0 spiro atoms. The van der Waals surface area contributed by atoms with Gasteiger partial charge in [0.2, 0.25) is 5.91 Å². The van der Waals surface area contributed by atoms with E-state index in [1.54, 1.807) is 11.8 Å². The summed E-state index contributed by atoms with van der Waals surface area (Å²) in [5, 5.41) is 0. The summed E-state index contributed by atoms with van der Waals surface area (Å²) >= 11 is 1.70. The summed E-state index contributed by atoms with van der Waals surface area (Å²) in [7, 11) is 4.06. The van der Waals surface area contributed by atoms with Gasteiger partial charge in [0.05, 0.1) is 5.75 Å². The Morgan fingerprint density at radius 1 is 1.14 bits per heavy atom. The van der Waals surface area contributed by atoms with Crippen molar-refractivity contribution < 1.29 is 4.79 Å². The van der Waals surface area contributed by atoms with Crippen LogP contribution in [0.3, 0.4) is 0 Å². The van der Waals surface area contributed by atoms with Crippen molar-refractivity contribution in [2.45, 2.75) is 39.0 Å². The van der Waals surface area contributed by atoms with Crippen LogP contribution in [-0.2, 0) is 11.3 Å². The molecule has 0 N–H and O–H groups in total. The predicted octanol–water partition coefficient (Wildman–Crippen LogP) is 3.63. The first-order valence-corrected chi connectivity index (χ1v) is 8.39. The van der Waals surface area contributed by atoms with E-state index in [4.69, 9.17) is 0 Å². The zero-order chi connectivity index (χ0) is 16.0. The maximum atomic E-state index is 12.3. The number of nitrogens with zero attached hydrogens (tertiary/aromatic N) is 2. The first-order chi connectivity index (χ1) is 9.73. The summed E-state index contributed by atoms with van der Waals surface area (Å²) in [5.74, 6) is 0.766. The second-order valence-electron chi connectivity index (χ2n) is 6.37. The van der Waals surface area contributed by atoms with Gasteiger partial charge in [-0.1, -0.05) is 32.9 Å². The number of benzene rings is 1. The lowest BCUT2D eigenvalue weighted by atomic mass is 10.2. The van der Waals surface area contributed by atoms with E-state index in [1.165, 1.54) is 11.3 Å². The van der Waals surface area contributed by atoms with E-state index in [1.807, 2.05) is 25.9 Å². The molecule has 21 heavy (non-hydrogen) atoms. The maximum Gasteiger partial charge on any atom is 0.232 e. The predicted molar refractivity (Wildman–Crippen MR) is 94.1 cm³/mol. The zero-order valence-electron chi connectivity index (χ0n) is 14.1. The molecule has 0 unspecified atom stereocenters. The van der Waals surface area contributed by atoms with E-state index in [9.17, 15) is 4.79 Å². The summed E-state index contributed by atoms with van der Waals surface area (Å²) in [4.78, 5) is 16.3. The topological polar surface area (TPSA) is 23.6 Å². The van der Waals surface area contributed by atoms with E-state index in [-0.39, 0.29) is 10.7 Å². The first kappa shape index (κ1) is 17.9. The number of thioether (sulfide) groups is 1. The zero-order valence-corrected chi connectivity index (χ0v) is 15.0. The smallest absolute Gasteiger partial charge is 0.232 e. The van der Waals surface area contributed by atoms with Crippen molar-refractivity contribution in [3.63, 3.8) is 0 Å². The quantitative estimate of drug-likeness (QED) is 0.802. The Bertz CT molecular complexity index is 449. The molecule has 1 amide bonds. The van der Waals surface area contributed by atoms with Gasteiger partial charge in [0.1, 0.15) is 0 Å². The highest BCUT2D eigenvalue weighted by molar-refractivity contribution is 8.01. The van der Waals surface area contributed by atoms with Crippen LogP contribution in [0.15, 0.2) is 24.3 Å². The molecule has 0 bridgehead atoms. The molecular weight excluding hydrogens is 280 g/mol. The third-order valence-corrected chi connectivity index (χ3v) is 4.45. The van der Waals surface area contributed by atoms with Crippen molar-refractivity contribution >= 4 is 23.4 Å². The minimum atomic E-state index is 0.127. The molecule has 0 aromatic heterocycles. The minimum absolute atomic E-state index is 0.127. The Balaban J connectivity index is 2.62. The van der Waals surface area contributed by atoms with Gasteiger partial charge in [-0.05, 0) is 24.6 Å². The third kappa shape index (κ3) is 6.42. The molecular formula is C17H28N2OS. The highest BCUT2D eigenvalue weighted by Gasteiger charge is 2.17. The molecule has 0 aliphatic rings. The summed E-state index contributed by atoms with van der Waals surface area (Å²) < 4.78 is 0.127. The third-order valence-electron chi connectivity index (χ3n) is 3.19. The Morgan fingerprint density at radius 3 is 2.14 bits per heavy atom. The Morgan fingerprint density at radius 2 is 1.71 bits per heavy atom. The molecule has 0 aliphatic heterocycles. The molecule has 1 rings (SSSR count). The highest BCUT2D eigenvalue weighted by Crippen LogP contribution is 2.23. The van der Waals surface area contributed by atoms with Crippen molar-refractivity contribution in [3.05, 3.63) is 29.8 Å². The molecule has 0 atom stereocenters. The van der Waals surface area contributed by atoms with E-state index in [2.05, 4.69) is 49.9 Å². The molecule has 0 fully saturated rings. The average Bonchev–Trinajstić information content (AvgIpc) is 2.41. The maximum absolute atomic E-state index is 12.3. The van der Waals surface area contributed by atoms with Crippen molar-refractivity contribution in [1.29, 1.82) is 0 Å². The van der Waals surface area contributed by atoms with Crippen LogP contribution in [0.25, 0.3) is 0 Å². The standard InChI is InChI=1S/C17H28N2OS/c1-7-19(16(20)13-21-17(2,3)4)12-14-8-10-15(11-9-14)18(5)6/h8-11H,7,12-13H2,1-6H3. The van der Waals surface area contributed by atoms with Crippen molar-refractivity contribution in [3.8, 4) is 0 Å². The summed E-state index contributed by atoms with van der Waals surface area (Å²) in [5.41, 5.74) is 2.35. The summed E-state index contributed by atoms with van der Waals surface area (Å²) in [6.45, 7) is 9.89. The van der Waals surface area contributed by atoms with Crippen molar-refractivity contribution in [1.82, 2.24) is 4.90 Å². The fourth-order valence-electron chi connectivity index (χ4n) is 1.87. The second-order valence-corrected chi connectivity index (χ2v) is 8.17. The molecule has 1 aromatic rings. The number of rotatable bonds is 6. The number of amides is 1. The monoisotopic (exact) mass is 308 g/mol. The average molecular weight is 308 g/mol. The van der Waals surface area contributed by atoms with Gasteiger partial charge in [0.15, 0.2) is 0 Å². The molecule has 0 aliphatic carbocycles. The number of carbonyl (C=O) groups is 1. The number of hydrogen-bond acceptors (Lipinski definition) is 3. The lowest BCUT2D eigenvalue weighted by Gasteiger charge is -2.24. The van der Waals surface area contributed by atoms with Gasteiger partial charge >= 0.3 is 0 Å². The molecule has 1 aromatic carbocycles. The molecule has 3 nitrogen and oxygen atoms in total. The van der Waals surface area contributed by atoms with Gasteiger partial charge in [-0.3, -0.25) is 4.79 Å². The summed E-state index contributed by atoms with van der Waals surface area (Å²) in [6.07, 6.45) is 0. The number of hydrogen-bond donors (Lipinski definition) is 0. The van der Waals surface area contributed by atoms with Crippen LogP contribution in [0, 0.1) is 0 Å². The lowest BCUT2D eigenvalue weighted by Crippen LogP contribution is -2.32. The van der Waals surface area contributed by atoms with Crippen LogP contribution >= 0.6 is 11.8 Å². The Hall–Kier alpha value is -1.16. The molecule has 4 heteroatoms. The molecule has 0 saturated heterocycles. The van der Waals surface area contributed by atoms with Crippen LogP contribution in [-0.4, -0.2) is 41.9 Å².